The van der Waals surface area contributed by atoms with Gasteiger partial charge in [-0.25, -0.2) is 0 Å². The molecule has 0 aliphatic rings. The van der Waals surface area contributed by atoms with Gasteiger partial charge in [0.05, 0.1) is 12.1 Å². The van der Waals surface area contributed by atoms with Crippen LogP contribution in [0, 0.1) is 11.3 Å². The van der Waals surface area contributed by atoms with Crippen LogP contribution in [0.15, 0.2) is 18.5 Å². The third-order valence-electron chi connectivity index (χ3n) is 1.53. The molecule has 1 atom stereocenters. The Kier molecular flexibility index (Phi) is 3.72. The lowest BCUT2D eigenvalue weighted by Gasteiger charge is -2.10. The zero-order valence-corrected chi connectivity index (χ0v) is 9.19. The molecule has 0 fully saturated rings. The van der Waals surface area contributed by atoms with Gasteiger partial charge in [0, 0.05) is 19.3 Å². The van der Waals surface area contributed by atoms with Crippen LogP contribution in [-0.2, 0) is 16.1 Å². The van der Waals surface area contributed by atoms with Crippen LogP contribution in [0.5, 0.6) is 0 Å². The molecule has 5 heteroatoms. The van der Waals surface area contributed by atoms with Crippen LogP contribution in [0.4, 0.5) is 0 Å². The zero-order chi connectivity index (χ0) is 10.6. The number of ether oxygens (including phenoxy) is 1. The van der Waals surface area contributed by atoms with E-state index < -0.39 is 0 Å². The van der Waals surface area contributed by atoms with Crippen molar-refractivity contribution in [3.8, 4) is 6.07 Å². The average molecular weight is 257 g/mol. The summed E-state index contributed by atoms with van der Waals surface area (Å²) in [6, 6.07) is 3.72. The van der Waals surface area contributed by atoms with Crippen molar-refractivity contribution in [2.24, 2.45) is 0 Å². The highest BCUT2D eigenvalue weighted by atomic mass is 79.9. The number of hydrogen-bond acceptors (Lipinski definition) is 3. The molecule has 1 rings (SSSR count). The maximum absolute atomic E-state index is 10.6. The van der Waals surface area contributed by atoms with E-state index in [4.69, 9.17) is 10.00 Å². The second-order valence-electron chi connectivity index (χ2n) is 2.73. The number of aromatic nitrogens is 1. The number of carbonyl (C=O) groups excluding carboxylic acids is 1. The van der Waals surface area contributed by atoms with Gasteiger partial charge >= 0.3 is 5.97 Å². The van der Waals surface area contributed by atoms with Crippen LogP contribution in [0.3, 0.4) is 0 Å². The van der Waals surface area contributed by atoms with E-state index in [0.717, 1.165) is 0 Å². The Labute approximate surface area is 90.2 Å². The van der Waals surface area contributed by atoms with E-state index in [1.165, 1.54) is 6.92 Å². The lowest BCUT2D eigenvalue weighted by molar-refractivity contribution is -0.142. The summed E-state index contributed by atoms with van der Waals surface area (Å²) in [5, 5.41) is 8.21. The quantitative estimate of drug-likeness (QED) is 0.611. The SMILES string of the molecule is CC(=O)OC(Br)Cn1ccc(C#N)c1. The Hall–Kier alpha value is -1.28. The molecule has 0 saturated carbocycles. The third kappa shape index (κ3) is 3.23. The zero-order valence-electron chi connectivity index (χ0n) is 7.61. The van der Waals surface area contributed by atoms with Gasteiger partial charge in [-0.15, -0.1) is 0 Å². The molecule has 1 heterocycles. The standard InChI is InChI=1S/C9H9BrN2O2/c1-7(13)14-9(10)6-12-3-2-8(4-11)5-12/h2-3,5,9H,6H2,1H3. The Balaban J connectivity index is 2.52. The summed E-state index contributed by atoms with van der Waals surface area (Å²) < 4.78 is 6.65. The molecular formula is C9H9BrN2O2. The van der Waals surface area contributed by atoms with Crippen LogP contribution < -0.4 is 0 Å². The van der Waals surface area contributed by atoms with Crippen molar-refractivity contribution in [1.29, 1.82) is 5.26 Å². The Bertz CT molecular complexity index is 367. The van der Waals surface area contributed by atoms with Crippen molar-refractivity contribution >= 4 is 21.9 Å². The smallest absolute Gasteiger partial charge is 0.303 e. The number of rotatable bonds is 3. The molecule has 0 aliphatic heterocycles. The fraction of sp³-hybridized carbons (Fsp3) is 0.333. The largest absolute Gasteiger partial charge is 0.449 e. The monoisotopic (exact) mass is 256 g/mol. The van der Waals surface area contributed by atoms with E-state index in [-0.39, 0.29) is 11.0 Å². The number of nitrogens with zero attached hydrogens (tertiary/aromatic N) is 2. The van der Waals surface area contributed by atoms with Gasteiger partial charge in [0.2, 0.25) is 0 Å². The summed E-state index contributed by atoms with van der Waals surface area (Å²) in [6.45, 7) is 1.84. The van der Waals surface area contributed by atoms with Crippen LogP contribution in [0.2, 0.25) is 0 Å². The fourth-order valence-electron chi connectivity index (χ4n) is 1.00. The molecular weight excluding hydrogens is 248 g/mol. The minimum atomic E-state index is -0.362. The predicted octanol–water partition coefficient (Wildman–Crippen LogP) is 1.64. The highest BCUT2D eigenvalue weighted by Gasteiger charge is 2.07. The Morgan fingerprint density at radius 1 is 1.86 bits per heavy atom. The molecule has 74 valence electrons. The number of hydrogen-bond donors (Lipinski definition) is 0. The van der Waals surface area contributed by atoms with Gasteiger partial charge in [-0.05, 0) is 22.0 Å². The molecule has 0 amide bonds. The van der Waals surface area contributed by atoms with Gasteiger partial charge in [-0.1, -0.05) is 0 Å². The molecule has 0 aromatic carbocycles. The van der Waals surface area contributed by atoms with Crippen LogP contribution in [-0.4, -0.2) is 15.5 Å². The molecule has 0 saturated heterocycles. The van der Waals surface area contributed by atoms with Crippen molar-refractivity contribution in [2.45, 2.75) is 18.5 Å². The van der Waals surface area contributed by atoms with E-state index in [0.29, 0.717) is 12.1 Å². The summed E-state index contributed by atoms with van der Waals surface area (Å²) >= 11 is 3.20. The van der Waals surface area contributed by atoms with Gasteiger partial charge in [-0.3, -0.25) is 4.79 Å². The first-order valence-corrected chi connectivity index (χ1v) is 4.90. The van der Waals surface area contributed by atoms with Crippen LogP contribution in [0.25, 0.3) is 0 Å². The number of nitriles is 1. The Morgan fingerprint density at radius 3 is 3.07 bits per heavy atom. The first kappa shape index (κ1) is 10.8. The molecule has 0 N–H and O–H groups in total. The van der Waals surface area contributed by atoms with Crippen molar-refractivity contribution < 1.29 is 9.53 Å². The number of halogens is 1. The van der Waals surface area contributed by atoms with E-state index in [1.807, 2.05) is 6.07 Å². The van der Waals surface area contributed by atoms with E-state index in [1.54, 1.807) is 23.0 Å². The Morgan fingerprint density at radius 2 is 2.57 bits per heavy atom. The van der Waals surface area contributed by atoms with Gasteiger partial charge in [-0.2, -0.15) is 5.26 Å². The maximum Gasteiger partial charge on any atom is 0.303 e. The van der Waals surface area contributed by atoms with Crippen molar-refractivity contribution in [3.05, 3.63) is 24.0 Å². The summed E-state index contributed by atoms with van der Waals surface area (Å²) in [6.07, 6.45) is 3.45. The van der Waals surface area contributed by atoms with Gasteiger partial charge in [0.15, 0.2) is 5.01 Å². The maximum atomic E-state index is 10.6. The highest BCUT2D eigenvalue weighted by molar-refractivity contribution is 9.09. The molecule has 1 unspecified atom stereocenters. The predicted molar refractivity (Wildman–Crippen MR) is 53.6 cm³/mol. The van der Waals surface area contributed by atoms with Crippen molar-refractivity contribution in [2.75, 3.05) is 0 Å². The number of esters is 1. The molecule has 0 radical (unpaired) electrons. The molecule has 0 spiro atoms. The van der Waals surface area contributed by atoms with Crippen molar-refractivity contribution in [1.82, 2.24) is 4.57 Å². The highest BCUT2D eigenvalue weighted by Crippen LogP contribution is 2.08. The first-order chi connectivity index (χ1) is 6.61. The normalized spacial score (nSPS) is 11.8. The molecule has 1 aromatic heterocycles. The molecule has 0 bridgehead atoms. The van der Waals surface area contributed by atoms with E-state index in [2.05, 4.69) is 15.9 Å². The van der Waals surface area contributed by atoms with Crippen molar-refractivity contribution in [3.63, 3.8) is 0 Å². The second kappa shape index (κ2) is 4.82. The van der Waals surface area contributed by atoms with Gasteiger partial charge in [0.25, 0.3) is 0 Å². The second-order valence-corrected chi connectivity index (χ2v) is 3.75. The van der Waals surface area contributed by atoms with Crippen LogP contribution >= 0.6 is 15.9 Å². The number of alkyl halides is 1. The average Bonchev–Trinajstić information content (AvgIpc) is 2.50. The lowest BCUT2D eigenvalue weighted by atomic mass is 10.4. The minimum Gasteiger partial charge on any atom is -0.449 e. The van der Waals surface area contributed by atoms with E-state index >= 15 is 0 Å². The molecule has 4 nitrogen and oxygen atoms in total. The van der Waals surface area contributed by atoms with E-state index in [9.17, 15) is 4.79 Å². The summed E-state index contributed by atoms with van der Waals surface area (Å²) in [7, 11) is 0. The topological polar surface area (TPSA) is 55.0 Å². The molecule has 1 aromatic rings. The third-order valence-corrected chi connectivity index (χ3v) is 2.00. The summed E-state index contributed by atoms with van der Waals surface area (Å²) in [5.74, 6) is -0.334. The summed E-state index contributed by atoms with van der Waals surface area (Å²) in [5.41, 5.74) is 0.590. The van der Waals surface area contributed by atoms with Gasteiger partial charge in [0.1, 0.15) is 6.07 Å². The minimum absolute atomic E-state index is 0.334. The molecule has 14 heavy (non-hydrogen) atoms. The van der Waals surface area contributed by atoms with Gasteiger partial charge < -0.3 is 9.30 Å². The molecule has 0 aliphatic carbocycles. The lowest BCUT2D eigenvalue weighted by Crippen LogP contribution is -2.15. The summed E-state index contributed by atoms with van der Waals surface area (Å²) in [4.78, 5) is 10.6. The van der Waals surface area contributed by atoms with Crippen LogP contribution in [0.1, 0.15) is 12.5 Å². The number of carbonyl (C=O) groups is 1. The first-order valence-electron chi connectivity index (χ1n) is 3.99. The fourth-order valence-corrected chi connectivity index (χ4v) is 1.60.